The van der Waals surface area contributed by atoms with Gasteiger partial charge < -0.3 is 10.1 Å². The highest BCUT2D eigenvalue weighted by atomic mass is 79.9. The molecule has 0 aliphatic heterocycles. The summed E-state index contributed by atoms with van der Waals surface area (Å²) in [7, 11) is 0. The Bertz CT molecular complexity index is 387. The molecule has 0 radical (unpaired) electrons. The molecule has 1 aromatic heterocycles. The van der Waals surface area contributed by atoms with Crippen LogP contribution in [0.5, 0.6) is 0 Å². The first-order chi connectivity index (χ1) is 9.13. The fourth-order valence-electron chi connectivity index (χ4n) is 2.65. The van der Waals surface area contributed by atoms with Gasteiger partial charge in [0.2, 0.25) is 0 Å². The van der Waals surface area contributed by atoms with Crippen LogP contribution < -0.4 is 5.32 Å². The minimum absolute atomic E-state index is 0.423. The minimum atomic E-state index is 0.423. The Labute approximate surface area is 133 Å². The highest BCUT2D eigenvalue weighted by Gasteiger charge is 2.32. The molecule has 0 saturated heterocycles. The van der Waals surface area contributed by atoms with Gasteiger partial charge in [-0.3, -0.25) is 0 Å². The third-order valence-corrected chi connectivity index (χ3v) is 6.21. The third-order valence-electron chi connectivity index (χ3n) is 3.62. The van der Waals surface area contributed by atoms with Gasteiger partial charge in [-0.1, -0.05) is 18.5 Å². The first-order valence-corrected chi connectivity index (χ1v) is 8.92. The van der Waals surface area contributed by atoms with Gasteiger partial charge in [0, 0.05) is 22.0 Å². The van der Waals surface area contributed by atoms with Crippen molar-refractivity contribution in [1.29, 1.82) is 0 Å². The molecule has 0 amide bonds. The molecule has 2 rings (SSSR count). The predicted octanol–water partition coefficient (Wildman–Crippen LogP) is 5.02. The average molecular weight is 367 g/mol. The molecular weight excluding hydrogens is 346 g/mol. The summed E-state index contributed by atoms with van der Waals surface area (Å²) in [5.41, 5.74) is 0. The number of hydrogen-bond donors (Lipinski definition) is 1. The van der Waals surface area contributed by atoms with Crippen LogP contribution in [0.3, 0.4) is 0 Å². The van der Waals surface area contributed by atoms with E-state index in [0.29, 0.717) is 12.1 Å². The number of hydrogen-bond acceptors (Lipinski definition) is 3. The zero-order valence-electron chi connectivity index (χ0n) is 11.4. The molecule has 1 fully saturated rings. The van der Waals surface area contributed by atoms with E-state index in [1.807, 2.05) is 0 Å². The maximum absolute atomic E-state index is 6.15. The molecule has 0 aromatic carbocycles. The second kappa shape index (κ2) is 7.41. The van der Waals surface area contributed by atoms with Gasteiger partial charge in [-0.2, -0.15) is 0 Å². The number of thiophene rings is 1. The Morgan fingerprint density at radius 2 is 2.26 bits per heavy atom. The van der Waals surface area contributed by atoms with Crippen LogP contribution in [0.2, 0.25) is 4.34 Å². The van der Waals surface area contributed by atoms with Crippen molar-refractivity contribution in [2.45, 2.75) is 45.3 Å². The summed E-state index contributed by atoms with van der Waals surface area (Å²) < 4.78 is 7.49. The van der Waals surface area contributed by atoms with Crippen molar-refractivity contribution in [2.24, 2.45) is 5.92 Å². The molecule has 5 heteroatoms. The summed E-state index contributed by atoms with van der Waals surface area (Å²) in [5, 5.41) is 3.58. The molecular formula is C14H21BrClNOS. The van der Waals surface area contributed by atoms with E-state index in [1.54, 1.807) is 11.3 Å². The lowest BCUT2D eigenvalue weighted by molar-refractivity contribution is -0.0290. The fraction of sp³-hybridized carbons (Fsp3) is 0.714. The summed E-state index contributed by atoms with van der Waals surface area (Å²) in [5.74, 6) is 0.778. The van der Waals surface area contributed by atoms with Gasteiger partial charge in [-0.05, 0) is 60.6 Å². The molecule has 0 bridgehead atoms. The van der Waals surface area contributed by atoms with Crippen molar-refractivity contribution in [3.8, 4) is 0 Å². The lowest BCUT2D eigenvalue weighted by atomic mass is 9.78. The number of ether oxygens (including phenoxy) is 1. The molecule has 1 unspecified atom stereocenters. The van der Waals surface area contributed by atoms with Crippen LogP contribution in [-0.4, -0.2) is 19.3 Å². The Morgan fingerprint density at radius 3 is 2.79 bits per heavy atom. The molecule has 1 atom stereocenters. The molecule has 1 N–H and O–H groups in total. The van der Waals surface area contributed by atoms with Crippen molar-refractivity contribution in [2.75, 3.05) is 13.2 Å². The van der Waals surface area contributed by atoms with Crippen LogP contribution in [0.1, 0.15) is 44.0 Å². The second-order valence-electron chi connectivity index (χ2n) is 5.03. The van der Waals surface area contributed by atoms with Crippen LogP contribution in [0.25, 0.3) is 0 Å². The van der Waals surface area contributed by atoms with Gasteiger partial charge in [0.1, 0.15) is 4.34 Å². The van der Waals surface area contributed by atoms with E-state index < -0.39 is 0 Å². The SMILES string of the molecule is CCNC(CC1CC(OCC)C1)c1cc(Br)c(Cl)s1. The van der Waals surface area contributed by atoms with Gasteiger partial charge in [-0.25, -0.2) is 0 Å². The topological polar surface area (TPSA) is 21.3 Å². The van der Waals surface area contributed by atoms with Crippen molar-refractivity contribution >= 4 is 38.9 Å². The van der Waals surface area contributed by atoms with Crippen LogP contribution in [-0.2, 0) is 4.74 Å². The lowest BCUT2D eigenvalue weighted by Gasteiger charge is -2.37. The number of nitrogens with one attached hydrogen (secondary N) is 1. The molecule has 19 heavy (non-hydrogen) atoms. The predicted molar refractivity (Wildman–Crippen MR) is 86.2 cm³/mol. The molecule has 1 aliphatic carbocycles. The molecule has 2 nitrogen and oxygen atoms in total. The van der Waals surface area contributed by atoms with Crippen molar-refractivity contribution in [3.05, 3.63) is 19.8 Å². The molecule has 1 heterocycles. The first kappa shape index (κ1) is 15.8. The first-order valence-electron chi connectivity index (χ1n) is 6.93. The standard InChI is InChI=1S/C14H21BrClNOS/c1-3-17-12(13-8-11(15)14(16)19-13)7-9-5-10(6-9)18-4-2/h8-10,12,17H,3-7H2,1-2H3. The summed E-state index contributed by atoms with van der Waals surface area (Å²) in [6.45, 7) is 6.04. The average Bonchev–Trinajstić information content (AvgIpc) is 2.66. The van der Waals surface area contributed by atoms with Crippen molar-refractivity contribution in [1.82, 2.24) is 5.32 Å². The van der Waals surface area contributed by atoms with Gasteiger partial charge in [-0.15, -0.1) is 11.3 Å². The second-order valence-corrected chi connectivity index (χ2v) is 7.57. The number of rotatable bonds is 7. The van der Waals surface area contributed by atoms with Crippen LogP contribution in [0.15, 0.2) is 10.5 Å². The van der Waals surface area contributed by atoms with Crippen molar-refractivity contribution in [3.63, 3.8) is 0 Å². The molecule has 1 saturated carbocycles. The highest BCUT2D eigenvalue weighted by Crippen LogP contribution is 2.41. The molecule has 1 aliphatic rings. The van der Waals surface area contributed by atoms with E-state index >= 15 is 0 Å². The van der Waals surface area contributed by atoms with E-state index in [1.165, 1.54) is 24.1 Å². The van der Waals surface area contributed by atoms with Crippen molar-refractivity contribution < 1.29 is 4.74 Å². The van der Waals surface area contributed by atoms with Gasteiger partial charge in [0.05, 0.1) is 6.10 Å². The summed E-state index contributed by atoms with van der Waals surface area (Å²) >= 11 is 11.3. The zero-order chi connectivity index (χ0) is 13.8. The van der Waals surface area contributed by atoms with Crippen LogP contribution in [0.4, 0.5) is 0 Å². The monoisotopic (exact) mass is 365 g/mol. The Hall–Kier alpha value is 0.390. The largest absolute Gasteiger partial charge is 0.378 e. The van der Waals surface area contributed by atoms with Gasteiger partial charge in [0.15, 0.2) is 0 Å². The summed E-state index contributed by atoms with van der Waals surface area (Å²) in [6, 6.07) is 2.57. The third kappa shape index (κ3) is 4.18. The maximum atomic E-state index is 6.15. The minimum Gasteiger partial charge on any atom is -0.378 e. The lowest BCUT2D eigenvalue weighted by Crippen LogP contribution is -2.34. The molecule has 108 valence electrons. The van der Waals surface area contributed by atoms with Crippen LogP contribution in [0, 0.1) is 5.92 Å². The quantitative estimate of drug-likeness (QED) is 0.731. The van der Waals surface area contributed by atoms with Gasteiger partial charge >= 0.3 is 0 Å². The van der Waals surface area contributed by atoms with E-state index in [4.69, 9.17) is 16.3 Å². The Morgan fingerprint density at radius 1 is 1.53 bits per heavy atom. The summed E-state index contributed by atoms with van der Waals surface area (Å²) in [6.07, 6.45) is 4.09. The van der Waals surface area contributed by atoms with Gasteiger partial charge in [0.25, 0.3) is 0 Å². The number of halogens is 2. The Balaban J connectivity index is 1.90. The van der Waals surface area contributed by atoms with Crippen LogP contribution >= 0.6 is 38.9 Å². The van der Waals surface area contributed by atoms with E-state index in [0.717, 1.165) is 27.9 Å². The fourth-order valence-corrected chi connectivity index (χ4v) is 4.48. The maximum Gasteiger partial charge on any atom is 0.107 e. The normalized spacial score (nSPS) is 24.2. The Kier molecular flexibility index (Phi) is 6.15. The highest BCUT2D eigenvalue weighted by molar-refractivity contribution is 9.10. The molecule has 1 aromatic rings. The summed E-state index contributed by atoms with van der Waals surface area (Å²) in [4.78, 5) is 1.33. The zero-order valence-corrected chi connectivity index (χ0v) is 14.6. The van der Waals surface area contributed by atoms with E-state index in [9.17, 15) is 0 Å². The smallest absolute Gasteiger partial charge is 0.107 e. The van der Waals surface area contributed by atoms with E-state index in [-0.39, 0.29) is 0 Å². The van der Waals surface area contributed by atoms with E-state index in [2.05, 4.69) is 41.2 Å². The molecule has 0 spiro atoms.